The highest BCUT2D eigenvalue weighted by Gasteiger charge is 2.36. The Morgan fingerprint density at radius 1 is 0.607 bits per heavy atom. The molecule has 3 aliphatic rings. The number of rotatable bonds is 0. The molecule has 0 radical (unpaired) electrons. The average molecular weight is 358 g/mol. The lowest BCUT2D eigenvalue weighted by Gasteiger charge is -2.40. The maximum absolute atomic E-state index is 4.78. The molecule has 0 saturated carbocycles. The second kappa shape index (κ2) is 5.11. The highest BCUT2D eigenvalue weighted by molar-refractivity contribution is 5.98. The first-order chi connectivity index (χ1) is 13.9. The smallest absolute Gasteiger partial charge is 0.0716 e. The highest BCUT2D eigenvalue weighted by Crippen LogP contribution is 2.55. The number of para-hydroxylation sites is 1. The number of anilines is 3. The minimum absolute atomic E-state index is 0.913. The molecule has 28 heavy (non-hydrogen) atoms. The monoisotopic (exact) mass is 358 g/mol. The van der Waals surface area contributed by atoms with E-state index in [9.17, 15) is 0 Å². The van der Waals surface area contributed by atoms with E-state index >= 15 is 0 Å². The van der Waals surface area contributed by atoms with Gasteiger partial charge in [-0.15, -0.1) is 0 Å². The first-order valence-electron chi connectivity index (χ1n) is 9.96. The zero-order valence-electron chi connectivity index (χ0n) is 15.4. The Bertz CT molecular complexity index is 1290. The fourth-order valence-electron chi connectivity index (χ4n) is 5.35. The summed E-state index contributed by atoms with van der Waals surface area (Å²) < 4.78 is 0. The van der Waals surface area contributed by atoms with E-state index in [1.54, 1.807) is 0 Å². The summed E-state index contributed by atoms with van der Waals surface area (Å²) in [6.45, 7) is 0. The van der Waals surface area contributed by atoms with Crippen LogP contribution in [0.3, 0.4) is 0 Å². The van der Waals surface area contributed by atoms with Crippen molar-refractivity contribution in [2.75, 3.05) is 4.90 Å². The molecule has 3 aromatic carbocycles. The van der Waals surface area contributed by atoms with E-state index in [-0.39, 0.29) is 0 Å². The minimum Gasteiger partial charge on any atom is -0.307 e. The maximum Gasteiger partial charge on any atom is 0.0716 e. The van der Waals surface area contributed by atoms with E-state index in [0.29, 0.717) is 0 Å². The number of aromatic nitrogens is 1. The van der Waals surface area contributed by atoms with Crippen LogP contribution < -0.4 is 4.90 Å². The predicted octanol–water partition coefficient (Wildman–Crippen LogP) is 5.93. The van der Waals surface area contributed by atoms with Crippen molar-refractivity contribution in [3.8, 4) is 11.1 Å². The van der Waals surface area contributed by atoms with E-state index in [1.165, 1.54) is 61.7 Å². The average Bonchev–Trinajstić information content (AvgIpc) is 3.12. The fraction of sp³-hybridized carbons (Fsp3) is 0.115. The molecule has 3 heterocycles. The quantitative estimate of drug-likeness (QED) is 0.334. The number of fused-ring (bicyclic) bond motifs is 8. The van der Waals surface area contributed by atoms with Crippen LogP contribution >= 0.6 is 0 Å². The molecule has 2 nitrogen and oxygen atoms in total. The third-order valence-electron chi connectivity index (χ3n) is 6.52. The Morgan fingerprint density at radius 3 is 2.32 bits per heavy atom. The van der Waals surface area contributed by atoms with Gasteiger partial charge in [-0.1, -0.05) is 54.6 Å². The summed E-state index contributed by atoms with van der Waals surface area (Å²) in [6, 6.07) is 24.6. The molecule has 7 rings (SSSR count). The SMILES string of the molecule is c1ccc2c(c1)Cc1ccc3c(c1-2)N1c2ccccc2Cc2nccc(c21)C3. The van der Waals surface area contributed by atoms with Gasteiger partial charge in [0.25, 0.3) is 0 Å². The zero-order valence-corrected chi connectivity index (χ0v) is 15.4. The number of hydrogen-bond acceptors (Lipinski definition) is 2. The fourth-order valence-corrected chi connectivity index (χ4v) is 5.35. The molecule has 4 aromatic rings. The van der Waals surface area contributed by atoms with Crippen LogP contribution in [0.1, 0.15) is 33.5 Å². The molecule has 0 N–H and O–H groups in total. The van der Waals surface area contributed by atoms with Crippen molar-refractivity contribution >= 4 is 17.1 Å². The highest BCUT2D eigenvalue weighted by atomic mass is 15.2. The van der Waals surface area contributed by atoms with Crippen molar-refractivity contribution in [1.82, 2.24) is 4.98 Å². The van der Waals surface area contributed by atoms with Crippen LogP contribution in [-0.4, -0.2) is 4.98 Å². The number of hydrogen-bond donors (Lipinski definition) is 0. The van der Waals surface area contributed by atoms with Crippen molar-refractivity contribution in [2.45, 2.75) is 19.3 Å². The molecular formula is C26H18N2. The first kappa shape index (κ1) is 14.6. The van der Waals surface area contributed by atoms with Crippen LogP contribution in [0, 0.1) is 0 Å². The summed E-state index contributed by atoms with van der Waals surface area (Å²) in [6.07, 6.45) is 4.90. The van der Waals surface area contributed by atoms with E-state index in [2.05, 4.69) is 71.6 Å². The zero-order chi connectivity index (χ0) is 18.2. The lowest BCUT2D eigenvalue weighted by molar-refractivity contribution is 0.960. The van der Waals surface area contributed by atoms with Gasteiger partial charge in [0, 0.05) is 30.3 Å². The van der Waals surface area contributed by atoms with Crippen LogP contribution in [0.2, 0.25) is 0 Å². The molecule has 0 atom stereocenters. The second-order valence-corrected chi connectivity index (χ2v) is 8.02. The Morgan fingerprint density at radius 2 is 1.36 bits per heavy atom. The van der Waals surface area contributed by atoms with Gasteiger partial charge >= 0.3 is 0 Å². The summed E-state index contributed by atoms with van der Waals surface area (Å²) in [5.41, 5.74) is 15.0. The van der Waals surface area contributed by atoms with Crippen LogP contribution in [0.4, 0.5) is 17.1 Å². The van der Waals surface area contributed by atoms with E-state index in [1.807, 2.05) is 6.20 Å². The van der Waals surface area contributed by atoms with Crippen molar-refractivity contribution in [3.63, 3.8) is 0 Å². The molecular weight excluding hydrogens is 340 g/mol. The van der Waals surface area contributed by atoms with Crippen molar-refractivity contribution in [3.05, 3.63) is 106 Å². The van der Waals surface area contributed by atoms with Gasteiger partial charge in [0.2, 0.25) is 0 Å². The Hall–Kier alpha value is -3.39. The Balaban J connectivity index is 1.60. The maximum atomic E-state index is 4.78. The molecule has 2 heteroatoms. The van der Waals surface area contributed by atoms with E-state index in [4.69, 9.17) is 4.98 Å². The molecule has 0 saturated heterocycles. The topological polar surface area (TPSA) is 16.1 Å². The lowest BCUT2D eigenvalue weighted by Crippen LogP contribution is -2.26. The molecule has 2 aliphatic heterocycles. The van der Waals surface area contributed by atoms with E-state index in [0.717, 1.165) is 19.3 Å². The first-order valence-corrected chi connectivity index (χ1v) is 9.96. The molecule has 0 fully saturated rings. The molecule has 0 bridgehead atoms. The van der Waals surface area contributed by atoms with Gasteiger partial charge in [0.15, 0.2) is 0 Å². The molecule has 0 amide bonds. The molecule has 132 valence electrons. The van der Waals surface area contributed by atoms with Crippen LogP contribution in [0.5, 0.6) is 0 Å². The van der Waals surface area contributed by atoms with Crippen LogP contribution in [0.25, 0.3) is 11.1 Å². The summed E-state index contributed by atoms with van der Waals surface area (Å²) in [7, 11) is 0. The number of benzene rings is 3. The van der Waals surface area contributed by atoms with Gasteiger partial charge in [-0.2, -0.15) is 0 Å². The number of nitrogens with zero attached hydrogens (tertiary/aromatic N) is 2. The summed E-state index contributed by atoms with van der Waals surface area (Å²) in [5.74, 6) is 0. The lowest BCUT2D eigenvalue weighted by atomic mass is 9.86. The van der Waals surface area contributed by atoms with Gasteiger partial charge < -0.3 is 4.90 Å². The van der Waals surface area contributed by atoms with Gasteiger partial charge in [-0.3, -0.25) is 4.98 Å². The predicted molar refractivity (Wildman–Crippen MR) is 113 cm³/mol. The van der Waals surface area contributed by atoms with Gasteiger partial charge in [-0.05, 0) is 51.9 Å². The Labute approximate surface area is 164 Å². The number of pyridine rings is 1. The minimum atomic E-state index is 0.913. The molecule has 0 unspecified atom stereocenters. The van der Waals surface area contributed by atoms with Gasteiger partial charge in [-0.25, -0.2) is 0 Å². The standard InChI is InChI=1S/C26H18N2/c1-3-7-21-16(5-1)13-18-9-10-19-14-20-11-12-27-22-15-17-6-2-4-8-23(17)28(25(20)22)26(19)24(18)21/h1-12H,13-15H2. The Kier molecular flexibility index (Phi) is 2.67. The van der Waals surface area contributed by atoms with E-state index < -0.39 is 0 Å². The van der Waals surface area contributed by atoms with Gasteiger partial charge in [0.05, 0.1) is 17.1 Å². The second-order valence-electron chi connectivity index (χ2n) is 8.02. The molecule has 1 aliphatic carbocycles. The molecule has 0 spiro atoms. The van der Waals surface area contributed by atoms with Crippen molar-refractivity contribution in [1.29, 1.82) is 0 Å². The third-order valence-corrected chi connectivity index (χ3v) is 6.52. The van der Waals surface area contributed by atoms with Crippen LogP contribution in [-0.2, 0) is 19.3 Å². The normalized spacial score (nSPS) is 14.6. The summed E-state index contributed by atoms with van der Waals surface area (Å²) in [5, 5.41) is 0. The van der Waals surface area contributed by atoms with Crippen LogP contribution in [0.15, 0.2) is 72.9 Å². The third kappa shape index (κ3) is 1.75. The van der Waals surface area contributed by atoms with Gasteiger partial charge in [0.1, 0.15) is 0 Å². The summed E-state index contributed by atoms with van der Waals surface area (Å²) >= 11 is 0. The largest absolute Gasteiger partial charge is 0.307 e. The summed E-state index contributed by atoms with van der Waals surface area (Å²) in [4.78, 5) is 7.29. The van der Waals surface area contributed by atoms with Crippen molar-refractivity contribution < 1.29 is 0 Å². The van der Waals surface area contributed by atoms with Crippen molar-refractivity contribution in [2.24, 2.45) is 0 Å². The molecule has 1 aromatic heterocycles.